The molecule has 41 heavy (non-hydrogen) atoms. The highest BCUT2D eigenvalue weighted by Gasteiger charge is 2.17. The monoisotopic (exact) mass is 593 g/mol. The van der Waals surface area contributed by atoms with Crippen LogP contribution in [0.25, 0.3) is 6.08 Å². The highest BCUT2D eigenvalue weighted by atomic mass is 35.5. The largest absolute Gasteiger partial charge is 0.595 e. The van der Waals surface area contributed by atoms with Gasteiger partial charge in [0.05, 0.1) is 46.3 Å². The number of hydrogen-bond acceptors (Lipinski definition) is 7. The zero-order valence-corrected chi connectivity index (χ0v) is 23.0. The average molecular weight is 594 g/mol. The molecule has 0 heterocycles. The molecular weight excluding hydrogens is 569 g/mol. The van der Waals surface area contributed by atoms with Crippen molar-refractivity contribution in [2.75, 3.05) is 23.3 Å². The van der Waals surface area contributed by atoms with Crippen molar-refractivity contribution in [3.63, 3.8) is 0 Å². The fraction of sp³-hybridized carbons (Fsp3) is 0.143. The summed E-state index contributed by atoms with van der Waals surface area (Å²) in [5.74, 6) is -0.784. The molecular formula is C28H25Cl2N7O4. The van der Waals surface area contributed by atoms with Crippen LogP contribution in [-0.2, 0) is 0 Å². The summed E-state index contributed by atoms with van der Waals surface area (Å²) >= 11 is 12.3. The SMILES string of the molecule is N#CCCN(CCC#N)c1ccc(/C=C(\NC(=O)Nc2ccccc2Cl)NC(=O)c2cc([NH+]([O-])O)ccc2Cl)cc1. The number of amides is 3. The summed E-state index contributed by atoms with van der Waals surface area (Å²) in [4.78, 5) is 27.8. The van der Waals surface area contributed by atoms with Crippen LogP contribution in [0.2, 0.25) is 10.0 Å². The molecule has 0 saturated carbocycles. The third kappa shape index (κ3) is 9.22. The minimum atomic E-state index is -1.23. The van der Waals surface area contributed by atoms with E-state index in [1.54, 1.807) is 48.5 Å². The van der Waals surface area contributed by atoms with Gasteiger partial charge in [-0.05, 0) is 42.0 Å². The summed E-state index contributed by atoms with van der Waals surface area (Å²) in [5, 5.41) is 45.4. The number of carbonyl (C=O) groups is 2. The Kier molecular flexibility index (Phi) is 11.5. The Morgan fingerprint density at radius 2 is 1.61 bits per heavy atom. The van der Waals surface area contributed by atoms with E-state index in [9.17, 15) is 20.0 Å². The summed E-state index contributed by atoms with van der Waals surface area (Å²) < 4.78 is 0. The quantitative estimate of drug-likeness (QED) is 0.202. The number of anilines is 2. The molecule has 3 amide bonds. The molecule has 0 fully saturated rings. The van der Waals surface area contributed by atoms with Crippen LogP contribution in [0.3, 0.4) is 0 Å². The molecule has 210 valence electrons. The Hall–Kier alpha value is -4.62. The molecule has 0 aromatic heterocycles. The Balaban J connectivity index is 1.89. The minimum absolute atomic E-state index is 0.0200. The smallest absolute Gasteiger partial charge is 0.324 e. The topological polar surface area (TPSA) is 169 Å². The number of hydrogen-bond donors (Lipinski definition) is 5. The molecule has 3 aromatic carbocycles. The van der Waals surface area contributed by atoms with Crippen molar-refractivity contribution in [2.45, 2.75) is 12.8 Å². The Labute approximate surface area is 246 Å². The standard InChI is InChI=1S/C28H25Cl2N7O4/c29-23-12-11-21(37(40)41)18-22(23)27(38)34-26(35-28(39)33-25-6-2-1-5-24(25)30)17-19-7-9-20(10-8-19)36(15-3-13-31)16-4-14-32/h1-2,5-12,17-18,37,40H,3-4,15-16H2,(H,34,38)(H2,33,35,39)/b26-17-. The Bertz CT molecular complexity index is 1480. The second kappa shape index (κ2) is 15.2. The van der Waals surface area contributed by atoms with E-state index in [1.165, 1.54) is 18.2 Å². The van der Waals surface area contributed by atoms with Crippen LogP contribution in [0.1, 0.15) is 28.8 Å². The summed E-state index contributed by atoms with van der Waals surface area (Å²) in [5.41, 5.74) is 1.48. The van der Waals surface area contributed by atoms with Crippen molar-refractivity contribution >= 4 is 58.3 Å². The van der Waals surface area contributed by atoms with Crippen LogP contribution in [-0.4, -0.2) is 30.2 Å². The second-order valence-corrected chi connectivity index (χ2v) is 9.28. The van der Waals surface area contributed by atoms with Gasteiger partial charge in [0.15, 0.2) is 5.69 Å². The average Bonchev–Trinajstić information content (AvgIpc) is 2.95. The van der Waals surface area contributed by atoms with E-state index in [2.05, 4.69) is 28.1 Å². The summed E-state index contributed by atoms with van der Waals surface area (Å²) in [6.45, 7) is 0.906. The van der Waals surface area contributed by atoms with Crippen molar-refractivity contribution < 1.29 is 20.0 Å². The van der Waals surface area contributed by atoms with Crippen LogP contribution in [0.15, 0.2) is 72.6 Å². The van der Waals surface area contributed by atoms with Crippen LogP contribution < -0.4 is 26.1 Å². The molecule has 1 unspecified atom stereocenters. The molecule has 3 rings (SSSR count). The van der Waals surface area contributed by atoms with Crippen LogP contribution in [0.4, 0.5) is 21.9 Å². The number of nitrogens with one attached hydrogen (secondary N) is 4. The molecule has 0 aliphatic rings. The van der Waals surface area contributed by atoms with Crippen molar-refractivity contribution in [2.24, 2.45) is 0 Å². The Morgan fingerprint density at radius 1 is 0.951 bits per heavy atom. The first-order valence-corrected chi connectivity index (χ1v) is 12.9. The molecule has 11 nitrogen and oxygen atoms in total. The second-order valence-electron chi connectivity index (χ2n) is 8.47. The lowest BCUT2D eigenvalue weighted by Crippen LogP contribution is -2.99. The van der Waals surface area contributed by atoms with Gasteiger partial charge >= 0.3 is 6.03 Å². The first-order chi connectivity index (χ1) is 19.7. The van der Waals surface area contributed by atoms with Gasteiger partial charge in [0, 0.05) is 30.9 Å². The molecule has 5 N–H and O–H groups in total. The van der Waals surface area contributed by atoms with Crippen molar-refractivity contribution in [1.82, 2.24) is 10.6 Å². The van der Waals surface area contributed by atoms with Crippen molar-refractivity contribution in [3.8, 4) is 12.1 Å². The molecule has 0 aliphatic carbocycles. The third-order valence-electron chi connectivity index (χ3n) is 5.63. The fourth-order valence-electron chi connectivity index (χ4n) is 3.65. The third-order valence-corrected chi connectivity index (χ3v) is 6.29. The highest BCUT2D eigenvalue weighted by molar-refractivity contribution is 6.34. The van der Waals surface area contributed by atoms with Gasteiger partial charge in [-0.3, -0.25) is 10.1 Å². The molecule has 0 bridgehead atoms. The van der Waals surface area contributed by atoms with E-state index in [0.29, 0.717) is 42.2 Å². The molecule has 13 heteroatoms. The Morgan fingerprint density at radius 3 is 2.22 bits per heavy atom. The van der Waals surface area contributed by atoms with Crippen LogP contribution >= 0.6 is 23.2 Å². The predicted octanol–water partition coefficient (Wildman–Crippen LogP) is 4.58. The molecule has 3 aromatic rings. The molecule has 0 spiro atoms. The van der Waals surface area contributed by atoms with Gasteiger partial charge in [-0.25, -0.2) is 10.0 Å². The maximum atomic E-state index is 13.1. The van der Waals surface area contributed by atoms with Gasteiger partial charge in [0.25, 0.3) is 5.91 Å². The maximum absolute atomic E-state index is 13.1. The zero-order chi connectivity index (χ0) is 29.8. The lowest BCUT2D eigenvalue weighted by Gasteiger charge is -2.22. The maximum Gasteiger partial charge on any atom is 0.324 e. The number of halogens is 2. The van der Waals surface area contributed by atoms with Gasteiger partial charge in [-0.1, -0.05) is 47.5 Å². The first kappa shape index (κ1) is 30.9. The van der Waals surface area contributed by atoms with Gasteiger partial charge in [-0.15, -0.1) is 0 Å². The van der Waals surface area contributed by atoms with E-state index >= 15 is 0 Å². The van der Waals surface area contributed by atoms with Crippen molar-refractivity contribution in [1.29, 1.82) is 10.5 Å². The van der Waals surface area contributed by atoms with Gasteiger partial charge in [0.2, 0.25) is 0 Å². The predicted molar refractivity (Wildman–Crippen MR) is 155 cm³/mol. The zero-order valence-electron chi connectivity index (χ0n) is 21.5. The molecule has 0 radical (unpaired) electrons. The number of carbonyl (C=O) groups excluding carboxylic acids is 2. The van der Waals surface area contributed by atoms with E-state index in [-0.39, 0.29) is 22.1 Å². The normalized spacial score (nSPS) is 11.5. The number of urea groups is 1. The van der Waals surface area contributed by atoms with E-state index in [1.807, 2.05) is 4.90 Å². The van der Waals surface area contributed by atoms with E-state index in [0.717, 1.165) is 11.8 Å². The van der Waals surface area contributed by atoms with Crippen LogP contribution in [0, 0.1) is 27.9 Å². The number of nitrogens with zero attached hydrogens (tertiary/aromatic N) is 3. The van der Waals surface area contributed by atoms with E-state index in [4.69, 9.17) is 33.7 Å². The lowest BCUT2D eigenvalue weighted by atomic mass is 10.1. The molecule has 1 atom stereocenters. The minimum Gasteiger partial charge on any atom is -0.595 e. The molecule has 0 saturated heterocycles. The first-order valence-electron chi connectivity index (χ1n) is 12.2. The van der Waals surface area contributed by atoms with Crippen LogP contribution in [0.5, 0.6) is 0 Å². The number of quaternary nitrogens is 1. The van der Waals surface area contributed by atoms with E-state index < -0.39 is 17.2 Å². The van der Waals surface area contributed by atoms with Gasteiger partial charge in [-0.2, -0.15) is 15.8 Å². The lowest BCUT2D eigenvalue weighted by molar-refractivity contribution is -0.991. The summed E-state index contributed by atoms with van der Waals surface area (Å²) in [6.07, 6.45) is 2.08. The number of rotatable bonds is 11. The van der Waals surface area contributed by atoms with Crippen molar-refractivity contribution in [3.05, 3.63) is 98.9 Å². The summed E-state index contributed by atoms with van der Waals surface area (Å²) in [6, 6.07) is 20.8. The number of benzene rings is 3. The molecule has 0 aliphatic heterocycles. The number of para-hydroxylation sites is 1. The van der Waals surface area contributed by atoms with Gasteiger partial charge < -0.3 is 20.7 Å². The fourth-order valence-corrected chi connectivity index (χ4v) is 4.04. The number of nitriles is 2. The summed E-state index contributed by atoms with van der Waals surface area (Å²) in [7, 11) is 0. The van der Waals surface area contributed by atoms with Gasteiger partial charge in [0.1, 0.15) is 5.82 Å². The highest BCUT2D eigenvalue weighted by Crippen LogP contribution is 2.22.